The number of urea groups is 1. The molecule has 4 aromatic rings. The number of carbonyl (C=O) groups excluding carboxylic acids is 1. The Morgan fingerprint density at radius 3 is 2.65 bits per heavy atom. The Kier molecular flexibility index (Phi) is 4.53. The van der Waals surface area contributed by atoms with Crippen LogP contribution in [-0.4, -0.2) is 21.2 Å². The molecule has 0 aliphatic carbocycles. The van der Waals surface area contributed by atoms with E-state index in [-0.39, 0.29) is 6.03 Å². The minimum absolute atomic E-state index is 0.318. The second-order valence-electron chi connectivity index (χ2n) is 5.62. The molecule has 0 fully saturated rings. The first-order valence-corrected chi connectivity index (χ1v) is 8.87. The van der Waals surface area contributed by atoms with Crippen LogP contribution in [0, 0.1) is 0 Å². The Bertz CT molecular complexity index is 1050. The molecule has 2 aromatic carbocycles. The summed E-state index contributed by atoms with van der Waals surface area (Å²) in [6.07, 6.45) is 1.69. The fourth-order valence-corrected chi connectivity index (χ4v) is 3.25. The van der Waals surface area contributed by atoms with Crippen LogP contribution in [0.5, 0.6) is 0 Å². The molecule has 0 aliphatic heterocycles. The third kappa shape index (κ3) is 3.68. The van der Waals surface area contributed by atoms with Crippen molar-refractivity contribution in [1.29, 1.82) is 0 Å². The number of carbonyl (C=O) groups is 1. The molecule has 0 aliphatic rings. The lowest BCUT2D eigenvalue weighted by Crippen LogP contribution is -2.28. The molecule has 7 heteroatoms. The lowest BCUT2D eigenvalue weighted by molar-refractivity contribution is 0.251. The summed E-state index contributed by atoms with van der Waals surface area (Å²) in [6, 6.07) is 19.5. The van der Waals surface area contributed by atoms with Crippen molar-refractivity contribution < 1.29 is 4.79 Å². The van der Waals surface area contributed by atoms with Gasteiger partial charge in [-0.25, -0.2) is 4.79 Å². The number of fused-ring (bicyclic) bond motifs is 1. The van der Waals surface area contributed by atoms with E-state index in [1.54, 1.807) is 6.20 Å². The van der Waals surface area contributed by atoms with Gasteiger partial charge in [0.15, 0.2) is 5.01 Å². The molecule has 2 heterocycles. The molecule has 26 heavy (non-hydrogen) atoms. The van der Waals surface area contributed by atoms with Gasteiger partial charge in [-0.15, -0.1) is 10.2 Å². The number of rotatable bonds is 4. The second kappa shape index (κ2) is 7.28. The van der Waals surface area contributed by atoms with Crippen molar-refractivity contribution in [2.24, 2.45) is 0 Å². The minimum atomic E-state index is -0.318. The number of anilines is 1. The molecule has 0 unspecified atom stereocenters. The summed E-state index contributed by atoms with van der Waals surface area (Å²) in [6.45, 7) is 0.433. The predicted molar refractivity (Wildman–Crippen MR) is 103 cm³/mol. The van der Waals surface area contributed by atoms with Crippen LogP contribution < -0.4 is 10.6 Å². The molecule has 2 aromatic heterocycles. The van der Waals surface area contributed by atoms with E-state index in [0.717, 1.165) is 16.6 Å². The highest BCUT2D eigenvalue weighted by atomic mass is 32.1. The second-order valence-corrected chi connectivity index (χ2v) is 6.59. The Balaban J connectivity index is 1.37. The van der Waals surface area contributed by atoms with Crippen molar-refractivity contribution in [3.8, 4) is 10.7 Å². The zero-order chi connectivity index (χ0) is 17.8. The molecular weight excluding hydrogens is 346 g/mol. The Labute approximate surface area is 153 Å². The number of nitrogens with zero attached hydrogens (tertiary/aromatic N) is 3. The third-order valence-corrected chi connectivity index (χ3v) is 4.66. The Morgan fingerprint density at radius 1 is 0.962 bits per heavy atom. The summed E-state index contributed by atoms with van der Waals surface area (Å²) < 4.78 is 0. The SMILES string of the molecule is O=C(NCc1ccc2ccccc2c1)Nc1nnc(-c2ccccn2)s1. The lowest BCUT2D eigenvalue weighted by atomic mass is 10.1. The van der Waals surface area contributed by atoms with Gasteiger partial charge in [-0.1, -0.05) is 53.8 Å². The standard InChI is InChI=1S/C19H15N5OS/c25-18(21-12-13-8-9-14-5-1-2-6-15(14)11-13)22-19-24-23-17(26-19)16-7-3-4-10-20-16/h1-11H,12H2,(H2,21,22,24,25). The topological polar surface area (TPSA) is 79.8 Å². The molecule has 2 amide bonds. The largest absolute Gasteiger partial charge is 0.334 e. The molecule has 0 spiro atoms. The van der Waals surface area contributed by atoms with Crippen LogP contribution in [0.2, 0.25) is 0 Å². The number of amides is 2. The van der Waals surface area contributed by atoms with Crippen LogP contribution >= 0.6 is 11.3 Å². The highest BCUT2D eigenvalue weighted by Crippen LogP contribution is 2.24. The summed E-state index contributed by atoms with van der Waals surface area (Å²) in [4.78, 5) is 16.3. The van der Waals surface area contributed by atoms with Gasteiger partial charge in [-0.3, -0.25) is 10.3 Å². The Morgan fingerprint density at radius 2 is 1.81 bits per heavy atom. The average molecular weight is 361 g/mol. The van der Waals surface area contributed by atoms with Gasteiger partial charge in [0, 0.05) is 12.7 Å². The van der Waals surface area contributed by atoms with Crippen LogP contribution in [0.15, 0.2) is 66.9 Å². The Hall–Kier alpha value is -3.32. The molecule has 2 N–H and O–H groups in total. The van der Waals surface area contributed by atoms with Crippen LogP contribution in [0.3, 0.4) is 0 Å². The third-order valence-electron chi connectivity index (χ3n) is 3.80. The van der Waals surface area contributed by atoms with Crippen LogP contribution in [-0.2, 0) is 6.54 Å². The molecule has 0 radical (unpaired) electrons. The van der Waals surface area contributed by atoms with Gasteiger partial charge in [-0.05, 0) is 34.5 Å². The van der Waals surface area contributed by atoms with Crippen LogP contribution in [0.1, 0.15) is 5.56 Å². The number of aromatic nitrogens is 3. The molecule has 0 saturated carbocycles. The first-order valence-electron chi connectivity index (χ1n) is 8.05. The van der Waals surface area contributed by atoms with E-state index in [0.29, 0.717) is 16.7 Å². The first kappa shape index (κ1) is 16.2. The number of hydrogen-bond acceptors (Lipinski definition) is 5. The number of benzene rings is 2. The highest BCUT2D eigenvalue weighted by Gasteiger charge is 2.10. The molecule has 0 atom stereocenters. The van der Waals surface area contributed by atoms with Crippen molar-refractivity contribution in [2.45, 2.75) is 6.54 Å². The quantitative estimate of drug-likeness (QED) is 0.574. The van der Waals surface area contributed by atoms with Crippen molar-refractivity contribution >= 4 is 33.3 Å². The van der Waals surface area contributed by atoms with E-state index in [1.807, 2.05) is 42.5 Å². The fraction of sp³-hybridized carbons (Fsp3) is 0.0526. The van der Waals surface area contributed by atoms with Gasteiger partial charge >= 0.3 is 6.03 Å². The molecule has 6 nitrogen and oxygen atoms in total. The van der Waals surface area contributed by atoms with Crippen molar-refractivity contribution in [2.75, 3.05) is 5.32 Å². The smallest absolute Gasteiger partial charge is 0.321 e. The maximum absolute atomic E-state index is 12.1. The van der Waals surface area contributed by atoms with Gasteiger partial charge in [0.2, 0.25) is 5.13 Å². The lowest BCUT2D eigenvalue weighted by Gasteiger charge is -2.06. The number of hydrogen-bond donors (Lipinski definition) is 2. The molecular formula is C19H15N5OS. The number of nitrogens with one attached hydrogen (secondary N) is 2. The summed E-state index contributed by atoms with van der Waals surface area (Å²) in [5, 5.41) is 17.0. The predicted octanol–water partition coefficient (Wildman–Crippen LogP) is 4.08. The molecule has 0 saturated heterocycles. The molecule has 4 rings (SSSR count). The fourth-order valence-electron chi connectivity index (χ4n) is 2.54. The van der Waals surface area contributed by atoms with Gasteiger partial charge in [0.1, 0.15) is 5.69 Å². The van der Waals surface area contributed by atoms with E-state index in [9.17, 15) is 4.79 Å². The van der Waals surface area contributed by atoms with E-state index in [4.69, 9.17) is 0 Å². The van der Waals surface area contributed by atoms with E-state index in [2.05, 4.69) is 44.0 Å². The summed E-state index contributed by atoms with van der Waals surface area (Å²) in [7, 11) is 0. The normalized spacial score (nSPS) is 10.6. The van der Waals surface area contributed by atoms with Crippen molar-refractivity contribution in [3.63, 3.8) is 0 Å². The first-order chi connectivity index (χ1) is 12.8. The van der Waals surface area contributed by atoms with Crippen LogP contribution in [0.4, 0.5) is 9.93 Å². The zero-order valence-electron chi connectivity index (χ0n) is 13.7. The van der Waals surface area contributed by atoms with E-state index in [1.165, 1.54) is 16.7 Å². The monoisotopic (exact) mass is 361 g/mol. The van der Waals surface area contributed by atoms with Gasteiger partial charge < -0.3 is 5.32 Å². The van der Waals surface area contributed by atoms with Crippen molar-refractivity contribution in [3.05, 3.63) is 72.4 Å². The highest BCUT2D eigenvalue weighted by molar-refractivity contribution is 7.18. The molecule has 0 bridgehead atoms. The summed E-state index contributed by atoms with van der Waals surface area (Å²) in [5.74, 6) is 0. The van der Waals surface area contributed by atoms with E-state index < -0.39 is 0 Å². The maximum atomic E-state index is 12.1. The van der Waals surface area contributed by atoms with Crippen LogP contribution in [0.25, 0.3) is 21.5 Å². The molecule has 128 valence electrons. The van der Waals surface area contributed by atoms with Crippen molar-refractivity contribution in [1.82, 2.24) is 20.5 Å². The summed E-state index contributed by atoms with van der Waals surface area (Å²) in [5.41, 5.74) is 1.76. The maximum Gasteiger partial charge on any atom is 0.321 e. The average Bonchev–Trinajstić information content (AvgIpc) is 3.15. The minimum Gasteiger partial charge on any atom is -0.334 e. The van der Waals surface area contributed by atoms with Gasteiger partial charge in [-0.2, -0.15) is 0 Å². The zero-order valence-corrected chi connectivity index (χ0v) is 14.5. The number of pyridine rings is 1. The van der Waals surface area contributed by atoms with Gasteiger partial charge in [0.05, 0.1) is 0 Å². The van der Waals surface area contributed by atoms with E-state index >= 15 is 0 Å². The summed E-state index contributed by atoms with van der Waals surface area (Å²) >= 11 is 1.28. The van der Waals surface area contributed by atoms with Gasteiger partial charge in [0.25, 0.3) is 0 Å².